The number of carbonyl (C=O) groups excluding carboxylic acids is 2. The van der Waals surface area contributed by atoms with Gasteiger partial charge in [-0.15, -0.1) is 0 Å². The van der Waals surface area contributed by atoms with Gasteiger partial charge in [-0.2, -0.15) is 0 Å². The third kappa shape index (κ3) is 9.90. The van der Waals surface area contributed by atoms with E-state index in [9.17, 15) is 19.8 Å². The van der Waals surface area contributed by atoms with Gasteiger partial charge >= 0.3 is 0 Å². The summed E-state index contributed by atoms with van der Waals surface area (Å²) in [4.78, 5) is 25.9. The van der Waals surface area contributed by atoms with Crippen LogP contribution in [0, 0.1) is 11.8 Å². The SMILES string of the molecule is O=C1CCCCCCCCCC[C@@H]1Cc1cc(O)c(C[C@@H]2CCCCCCCCCCC2=O)cc1O. The van der Waals surface area contributed by atoms with Crippen molar-refractivity contribution in [2.75, 3.05) is 0 Å². The van der Waals surface area contributed by atoms with E-state index in [1.807, 2.05) is 0 Å². The molecule has 4 nitrogen and oxygen atoms in total. The van der Waals surface area contributed by atoms with E-state index in [1.165, 1.54) is 51.4 Å². The van der Waals surface area contributed by atoms with Gasteiger partial charge in [-0.05, 0) is 61.8 Å². The average molecular weight is 499 g/mol. The molecule has 0 spiro atoms. The number of benzene rings is 1. The molecule has 4 heteroatoms. The van der Waals surface area contributed by atoms with Gasteiger partial charge in [0, 0.05) is 24.7 Å². The smallest absolute Gasteiger partial charge is 0.136 e. The monoisotopic (exact) mass is 498 g/mol. The van der Waals surface area contributed by atoms with Crippen molar-refractivity contribution in [1.82, 2.24) is 0 Å². The molecule has 202 valence electrons. The Kier molecular flexibility index (Phi) is 12.8. The normalized spacial score (nSPS) is 24.7. The van der Waals surface area contributed by atoms with Crippen LogP contribution in [-0.4, -0.2) is 21.8 Å². The molecule has 1 aromatic carbocycles. The number of phenols is 2. The lowest BCUT2D eigenvalue weighted by Gasteiger charge is -2.20. The minimum Gasteiger partial charge on any atom is -0.508 e. The maximum atomic E-state index is 13.0. The van der Waals surface area contributed by atoms with Crippen LogP contribution in [0.2, 0.25) is 0 Å². The first-order chi connectivity index (χ1) is 17.5. The molecule has 1 aromatic rings. The predicted molar refractivity (Wildman–Crippen MR) is 147 cm³/mol. The van der Waals surface area contributed by atoms with Crippen molar-refractivity contribution >= 4 is 11.6 Å². The van der Waals surface area contributed by atoms with Crippen molar-refractivity contribution in [3.63, 3.8) is 0 Å². The Balaban J connectivity index is 1.67. The van der Waals surface area contributed by atoms with Crippen LogP contribution in [0.4, 0.5) is 0 Å². The highest BCUT2D eigenvalue weighted by Gasteiger charge is 2.24. The summed E-state index contributed by atoms with van der Waals surface area (Å²) >= 11 is 0. The van der Waals surface area contributed by atoms with E-state index >= 15 is 0 Å². The molecular formula is C32H50O4. The van der Waals surface area contributed by atoms with Crippen LogP contribution in [0.25, 0.3) is 0 Å². The molecule has 2 atom stereocenters. The summed E-state index contributed by atoms with van der Waals surface area (Å²) in [6.07, 6.45) is 22.6. The number of aromatic hydroxyl groups is 2. The first-order valence-electron chi connectivity index (χ1n) is 15.1. The quantitative estimate of drug-likeness (QED) is 0.409. The van der Waals surface area contributed by atoms with Gasteiger partial charge < -0.3 is 10.2 Å². The molecular weight excluding hydrogens is 448 g/mol. The van der Waals surface area contributed by atoms with Crippen LogP contribution in [0.15, 0.2) is 12.1 Å². The van der Waals surface area contributed by atoms with E-state index in [0.29, 0.717) is 48.4 Å². The molecule has 2 N–H and O–H groups in total. The Hall–Kier alpha value is -1.84. The summed E-state index contributed by atoms with van der Waals surface area (Å²) in [6.45, 7) is 0. The van der Waals surface area contributed by atoms with Crippen molar-refractivity contribution in [2.45, 2.75) is 141 Å². The van der Waals surface area contributed by atoms with E-state index in [4.69, 9.17) is 0 Å². The molecule has 0 aromatic heterocycles. The Morgan fingerprint density at radius 3 is 1.17 bits per heavy atom. The summed E-state index contributed by atoms with van der Waals surface area (Å²) in [5.74, 6) is 0.737. The highest BCUT2D eigenvalue weighted by Crippen LogP contribution is 2.34. The van der Waals surface area contributed by atoms with Crippen LogP contribution in [0.1, 0.15) is 140 Å². The van der Waals surface area contributed by atoms with Crippen LogP contribution < -0.4 is 0 Å². The van der Waals surface area contributed by atoms with Gasteiger partial charge in [0.15, 0.2) is 0 Å². The summed E-state index contributed by atoms with van der Waals surface area (Å²) in [7, 11) is 0. The van der Waals surface area contributed by atoms with E-state index in [-0.39, 0.29) is 23.3 Å². The Bertz CT molecular complexity index is 747. The standard InChI is InChI=1S/C32H50O4/c33-29-19-15-11-7-3-1-5-9-13-17-25(29)21-27-23-32(36)28(24-31(27)35)22-26-18-14-10-6-2-4-8-12-16-20-30(26)34/h23-26,35-36H,1-22H2/t25-,26+. The average Bonchev–Trinajstić information content (AvgIpc) is 2.85. The highest BCUT2D eigenvalue weighted by atomic mass is 16.3. The molecule has 36 heavy (non-hydrogen) atoms. The summed E-state index contributed by atoms with van der Waals surface area (Å²) in [6, 6.07) is 3.32. The molecule has 0 bridgehead atoms. The van der Waals surface area contributed by atoms with Gasteiger partial charge in [0.05, 0.1) is 0 Å². The fourth-order valence-corrected chi connectivity index (χ4v) is 6.18. The summed E-state index contributed by atoms with van der Waals surface area (Å²) < 4.78 is 0. The summed E-state index contributed by atoms with van der Waals surface area (Å²) in [5.41, 5.74) is 1.32. The van der Waals surface area contributed by atoms with Crippen molar-refractivity contribution < 1.29 is 19.8 Å². The topological polar surface area (TPSA) is 74.6 Å². The first kappa shape index (κ1) is 28.7. The van der Waals surface area contributed by atoms with Gasteiger partial charge in [-0.3, -0.25) is 9.59 Å². The molecule has 0 aliphatic heterocycles. The van der Waals surface area contributed by atoms with Crippen molar-refractivity contribution in [2.24, 2.45) is 11.8 Å². The molecule has 0 saturated heterocycles. The molecule has 2 aliphatic rings. The molecule has 0 amide bonds. The zero-order chi connectivity index (χ0) is 25.6. The molecule has 2 aliphatic carbocycles. The van der Waals surface area contributed by atoms with E-state index in [2.05, 4.69) is 0 Å². The fraction of sp³-hybridized carbons (Fsp3) is 0.750. The number of rotatable bonds is 4. The zero-order valence-corrected chi connectivity index (χ0v) is 22.6. The van der Waals surface area contributed by atoms with E-state index in [1.54, 1.807) is 12.1 Å². The number of hydrogen-bond donors (Lipinski definition) is 2. The van der Waals surface area contributed by atoms with Gasteiger partial charge in [-0.1, -0.05) is 89.9 Å². The van der Waals surface area contributed by atoms with Crippen molar-refractivity contribution in [3.8, 4) is 11.5 Å². The van der Waals surface area contributed by atoms with E-state index < -0.39 is 0 Å². The van der Waals surface area contributed by atoms with Crippen LogP contribution >= 0.6 is 0 Å². The van der Waals surface area contributed by atoms with Crippen molar-refractivity contribution in [3.05, 3.63) is 23.3 Å². The Morgan fingerprint density at radius 2 is 0.806 bits per heavy atom. The molecule has 2 fully saturated rings. The van der Waals surface area contributed by atoms with Gasteiger partial charge in [0.2, 0.25) is 0 Å². The number of phenolic OH excluding ortho intramolecular Hbond substituents is 2. The third-order valence-electron chi connectivity index (χ3n) is 8.57. The Labute approximate surface area is 219 Å². The number of Topliss-reactive ketones (excluding diaryl/α,β-unsaturated/α-hetero) is 2. The second kappa shape index (κ2) is 16.1. The van der Waals surface area contributed by atoms with Gasteiger partial charge in [0.25, 0.3) is 0 Å². The third-order valence-corrected chi connectivity index (χ3v) is 8.57. The maximum Gasteiger partial charge on any atom is 0.136 e. The van der Waals surface area contributed by atoms with Gasteiger partial charge in [-0.25, -0.2) is 0 Å². The van der Waals surface area contributed by atoms with E-state index in [0.717, 1.165) is 64.2 Å². The second-order valence-corrected chi connectivity index (χ2v) is 11.6. The van der Waals surface area contributed by atoms with Crippen molar-refractivity contribution in [1.29, 1.82) is 0 Å². The van der Waals surface area contributed by atoms with Gasteiger partial charge in [0.1, 0.15) is 23.1 Å². The maximum absolute atomic E-state index is 13.0. The lowest BCUT2D eigenvalue weighted by Crippen LogP contribution is -2.19. The second-order valence-electron chi connectivity index (χ2n) is 11.6. The highest BCUT2D eigenvalue weighted by molar-refractivity contribution is 5.82. The molecule has 3 rings (SSSR count). The molecule has 0 radical (unpaired) electrons. The first-order valence-corrected chi connectivity index (χ1v) is 15.1. The fourth-order valence-electron chi connectivity index (χ4n) is 6.18. The Morgan fingerprint density at radius 1 is 0.500 bits per heavy atom. The minimum absolute atomic E-state index is 0.0894. The minimum atomic E-state index is -0.0894. The van der Waals surface area contributed by atoms with Crippen LogP contribution in [-0.2, 0) is 22.4 Å². The van der Waals surface area contributed by atoms with Crippen LogP contribution in [0.5, 0.6) is 11.5 Å². The van der Waals surface area contributed by atoms with Crippen LogP contribution in [0.3, 0.4) is 0 Å². The molecule has 0 unspecified atom stereocenters. The number of ketones is 2. The molecule has 2 saturated carbocycles. The number of hydrogen-bond acceptors (Lipinski definition) is 4. The summed E-state index contributed by atoms with van der Waals surface area (Å²) in [5, 5.41) is 21.8. The number of carbonyl (C=O) groups is 2. The lowest BCUT2D eigenvalue weighted by atomic mass is 9.84. The predicted octanol–water partition coefficient (Wildman–Crippen LogP) is 8.38. The lowest BCUT2D eigenvalue weighted by molar-refractivity contribution is -0.124. The zero-order valence-electron chi connectivity index (χ0n) is 22.6. The largest absolute Gasteiger partial charge is 0.508 e. The molecule has 0 heterocycles.